The van der Waals surface area contributed by atoms with Crippen molar-refractivity contribution in [3.63, 3.8) is 0 Å². The molecule has 2 N–H and O–H groups in total. The Morgan fingerprint density at radius 2 is 2.05 bits per heavy atom. The lowest BCUT2D eigenvalue weighted by atomic mass is 10.2. The van der Waals surface area contributed by atoms with E-state index in [1.54, 1.807) is 25.3 Å². The summed E-state index contributed by atoms with van der Waals surface area (Å²) in [5.41, 5.74) is 6.99. The quantitative estimate of drug-likeness (QED) is 0.783. The first-order chi connectivity index (χ1) is 10.2. The minimum absolute atomic E-state index is 0.323. The molecule has 6 nitrogen and oxygen atoms in total. The maximum Gasteiger partial charge on any atom is 0.276 e. The fourth-order valence-corrected chi connectivity index (χ4v) is 2.36. The molecule has 2 aromatic heterocycles. The molecule has 0 fully saturated rings. The number of hydrogen-bond acceptors (Lipinski definition) is 6. The van der Waals surface area contributed by atoms with E-state index in [2.05, 4.69) is 31.1 Å². The SMILES string of the molecule is COc1ccc(-c2noc(-c3cccc(N)n3)n2)cc1Br. The molecule has 0 radical (unpaired) electrons. The highest BCUT2D eigenvalue weighted by molar-refractivity contribution is 9.10. The number of aromatic nitrogens is 3. The number of anilines is 1. The fraction of sp³-hybridized carbons (Fsp3) is 0.0714. The van der Waals surface area contributed by atoms with Gasteiger partial charge in [0.1, 0.15) is 17.3 Å². The highest BCUT2D eigenvalue weighted by Crippen LogP contribution is 2.30. The van der Waals surface area contributed by atoms with Gasteiger partial charge in [0.25, 0.3) is 5.89 Å². The van der Waals surface area contributed by atoms with Crippen molar-refractivity contribution in [1.82, 2.24) is 15.1 Å². The summed E-state index contributed by atoms with van der Waals surface area (Å²) in [5, 5.41) is 3.96. The van der Waals surface area contributed by atoms with Crippen LogP contribution in [-0.2, 0) is 0 Å². The molecule has 1 aromatic carbocycles. The number of hydrogen-bond donors (Lipinski definition) is 1. The molecule has 2 heterocycles. The summed E-state index contributed by atoms with van der Waals surface area (Å²) in [7, 11) is 1.61. The zero-order valence-corrected chi connectivity index (χ0v) is 12.7. The predicted molar refractivity (Wildman–Crippen MR) is 81.6 cm³/mol. The van der Waals surface area contributed by atoms with Gasteiger partial charge < -0.3 is 15.0 Å². The fourth-order valence-electron chi connectivity index (χ4n) is 1.82. The lowest BCUT2D eigenvalue weighted by Gasteiger charge is -2.03. The van der Waals surface area contributed by atoms with E-state index in [0.29, 0.717) is 23.2 Å². The molecule has 7 heteroatoms. The number of nitrogens with two attached hydrogens (primary N) is 1. The first kappa shape index (κ1) is 13.6. The number of pyridine rings is 1. The van der Waals surface area contributed by atoms with Crippen LogP contribution >= 0.6 is 15.9 Å². The first-order valence-corrected chi connectivity index (χ1v) is 6.87. The lowest BCUT2D eigenvalue weighted by molar-refractivity contribution is 0.412. The van der Waals surface area contributed by atoms with E-state index in [9.17, 15) is 0 Å². The second-order valence-corrected chi connectivity index (χ2v) is 5.07. The van der Waals surface area contributed by atoms with Gasteiger partial charge in [-0.25, -0.2) is 4.98 Å². The van der Waals surface area contributed by atoms with Crippen LogP contribution in [0.15, 0.2) is 45.4 Å². The van der Waals surface area contributed by atoms with Gasteiger partial charge in [-0.05, 0) is 46.3 Å². The molecule has 0 bridgehead atoms. The molecule has 106 valence electrons. The number of ether oxygens (including phenoxy) is 1. The van der Waals surface area contributed by atoms with Crippen LogP contribution in [0.3, 0.4) is 0 Å². The highest BCUT2D eigenvalue weighted by atomic mass is 79.9. The van der Waals surface area contributed by atoms with Crippen LogP contribution in [0, 0.1) is 0 Å². The van der Waals surface area contributed by atoms with Crippen molar-refractivity contribution in [2.24, 2.45) is 0 Å². The van der Waals surface area contributed by atoms with Crippen LogP contribution < -0.4 is 10.5 Å². The molecule has 0 spiro atoms. The standard InChI is InChI=1S/C14H11BrN4O2/c1-20-11-6-5-8(7-9(11)15)13-18-14(21-19-13)10-3-2-4-12(16)17-10/h2-7H,1H3,(H2,16,17). The van der Waals surface area contributed by atoms with Gasteiger partial charge in [0.15, 0.2) is 0 Å². The van der Waals surface area contributed by atoms with Crippen LogP contribution in [0.1, 0.15) is 0 Å². The van der Waals surface area contributed by atoms with E-state index in [0.717, 1.165) is 15.8 Å². The van der Waals surface area contributed by atoms with Gasteiger partial charge in [-0.15, -0.1) is 0 Å². The third kappa shape index (κ3) is 2.73. The average molecular weight is 347 g/mol. The Hall–Kier alpha value is -2.41. The summed E-state index contributed by atoms with van der Waals surface area (Å²) in [4.78, 5) is 8.48. The number of benzene rings is 1. The Morgan fingerprint density at radius 1 is 1.19 bits per heavy atom. The summed E-state index contributed by atoms with van der Waals surface area (Å²) >= 11 is 3.43. The van der Waals surface area contributed by atoms with Gasteiger partial charge in [-0.1, -0.05) is 11.2 Å². The molecule has 0 atom stereocenters. The van der Waals surface area contributed by atoms with Crippen molar-refractivity contribution in [3.8, 4) is 28.7 Å². The normalized spacial score (nSPS) is 10.6. The van der Waals surface area contributed by atoms with Crippen molar-refractivity contribution in [2.75, 3.05) is 12.8 Å². The Morgan fingerprint density at radius 3 is 2.76 bits per heavy atom. The summed E-state index contributed by atoms with van der Waals surface area (Å²) < 4.78 is 11.2. The van der Waals surface area contributed by atoms with E-state index in [-0.39, 0.29) is 0 Å². The molecule has 3 aromatic rings. The van der Waals surface area contributed by atoms with E-state index in [1.165, 1.54) is 0 Å². The Bertz CT molecular complexity index is 788. The molecule has 0 aliphatic heterocycles. The Balaban J connectivity index is 1.96. The van der Waals surface area contributed by atoms with Crippen LogP contribution in [0.4, 0.5) is 5.82 Å². The zero-order chi connectivity index (χ0) is 14.8. The van der Waals surface area contributed by atoms with E-state index in [4.69, 9.17) is 15.0 Å². The summed E-state index contributed by atoms with van der Waals surface area (Å²) in [6.45, 7) is 0. The lowest BCUT2D eigenvalue weighted by Crippen LogP contribution is -1.91. The molecule has 0 aliphatic rings. The minimum atomic E-state index is 0.323. The van der Waals surface area contributed by atoms with Crippen LogP contribution in [0.25, 0.3) is 23.0 Å². The third-order valence-electron chi connectivity index (χ3n) is 2.83. The van der Waals surface area contributed by atoms with Crippen molar-refractivity contribution in [3.05, 3.63) is 40.9 Å². The molecular weight excluding hydrogens is 336 g/mol. The molecular formula is C14H11BrN4O2. The van der Waals surface area contributed by atoms with E-state index in [1.807, 2.05) is 18.2 Å². The van der Waals surface area contributed by atoms with Crippen molar-refractivity contribution >= 4 is 21.7 Å². The zero-order valence-electron chi connectivity index (χ0n) is 11.1. The maximum absolute atomic E-state index is 5.64. The minimum Gasteiger partial charge on any atom is -0.496 e. The first-order valence-electron chi connectivity index (χ1n) is 6.08. The van der Waals surface area contributed by atoms with E-state index >= 15 is 0 Å². The van der Waals surface area contributed by atoms with Crippen LogP contribution in [0.5, 0.6) is 5.75 Å². The van der Waals surface area contributed by atoms with Gasteiger partial charge in [0, 0.05) is 5.56 Å². The second-order valence-electron chi connectivity index (χ2n) is 4.22. The van der Waals surface area contributed by atoms with E-state index < -0.39 is 0 Å². The molecule has 0 saturated heterocycles. The molecule has 0 unspecified atom stereocenters. The van der Waals surface area contributed by atoms with Crippen molar-refractivity contribution in [2.45, 2.75) is 0 Å². The summed E-state index contributed by atoms with van der Waals surface area (Å²) in [6.07, 6.45) is 0. The van der Waals surface area contributed by atoms with Crippen LogP contribution in [-0.4, -0.2) is 22.2 Å². The summed E-state index contributed by atoms with van der Waals surface area (Å²) in [5.74, 6) is 1.93. The number of nitrogens with zero attached hydrogens (tertiary/aromatic N) is 3. The molecule has 3 rings (SSSR count). The Labute approximate surface area is 129 Å². The topological polar surface area (TPSA) is 87.1 Å². The number of halogens is 1. The van der Waals surface area contributed by atoms with Gasteiger partial charge >= 0.3 is 0 Å². The maximum atomic E-state index is 5.64. The van der Waals surface area contributed by atoms with Crippen molar-refractivity contribution in [1.29, 1.82) is 0 Å². The number of nitrogen functional groups attached to an aromatic ring is 1. The predicted octanol–water partition coefficient (Wildman–Crippen LogP) is 3.15. The number of rotatable bonds is 3. The Kier molecular flexibility index (Phi) is 3.57. The third-order valence-corrected chi connectivity index (χ3v) is 3.45. The molecule has 21 heavy (non-hydrogen) atoms. The summed E-state index contributed by atoms with van der Waals surface area (Å²) in [6, 6.07) is 10.8. The van der Waals surface area contributed by atoms with Gasteiger partial charge in [-0.2, -0.15) is 4.98 Å². The smallest absolute Gasteiger partial charge is 0.276 e. The van der Waals surface area contributed by atoms with Gasteiger partial charge in [0.05, 0.1) is 11.6 Å². The second kappa shape index (κ2) is 5.53. The average Bonchev–Trinajstić information content (AvgIpc) is 2.97. The molecule has 0 aliphatic carbocycles. The largest absolute Gasteiger partial charge is 0.496 e. The van der Waals surface area contributed by atoms with Crippen molar-refractivity contribution < 1.29 is 9.26 Å². The van der Waals surface area contributed by atoms with Gasteiger partial charge in [-0.3, -0.25) is 0 Å². The van der Waals surface area contributed by atoms with Crippen LogP contribution in [0.2, 0.25) is 0 Å². The monoisotopic (exact) mass is 346 g/mol. The van der Waals surface area contributed by atoms with Gasteiger partial charge in [0.2, 0.25) is 5.82 Å². The highest BCUT2D eigenvalue weighted by Gasteiger charge is 2.13. The molecule has 0 saturated carbocycles. The molecule has 0 amide bonds. The number of methoxy groups -OCH3 is 1.